The minimum absolute atomic E-state index is 0.0886. The monoisotopic (exact) mass is 307 g/mol. The minimum Gasteiger partial charge on any atom is -0.389 e. The molecule has 1 aliphatic rings. The van der Waals surface area contributed by atoms with Crippen molar-refractivity contribution >= 4 is 0 Å². The molecule has 124 valence electrons. The number of hydrogen-bond donors (Lipinski definition) is 1. The first kappa shape index (κ1) is 17.4. The molecule has 0 radical (unpaired) electrons. The molecule has 1 aromatic rings. The second-order valence-electron chi connectivity index (χ2n) is 7.05. The van der Waals surface area contributed by atoms with Crippen molar-refractivity contribution in [2.75, 3.05) is 32.8 Å². The largest absolute Gasteiger partial charge is 0.389 e. The first-order valence-corrected chi connectivity index (χ1v) is 8.06. The average molecular weight is 307 g/mol. The Morgan fingerprint density at radius 3 is 2.77 bits per heavy atom. The van der Waals surface area contributed by atoms with E-state index in [-0.39, 0.29) is 11.7 Å². The molecule has 1 aliphatic heterocycles. The zero-order valence-electron chi connectivity index (χ0n) is 14.2. The fourth-order valence-electron chi connectivity index (χ4n) is 2.70. The number of benzene rings is 1. The van der Waals surface area contributed by atoms with Gasteiger partial charge in [-0.15, -0.1) is 0 Å². The van der Waals surface area contributed by atoms with Crippen LogP contribution in [0.15, 0.2) is 24.3 Å². The van der Waals surface area contributed by atoms with Gasteiger partial charge in [0, 0.05) is 19.6 Å². The highest BCUT2D eigenvalue weighted by atomic mass is 16.5. The van der Waals surface area contributed by atoms with Crippen molar-refractivity contribution in [3.05, 3.63) is 35.4 Å². The van der Waals surface area contributed by atoms with Gasteiger partial charge >= 0.3 is 0 Å². The lowest BCUT2D eigenvalue weighted by atomic mass is 10.0. The summed E-state index contributed by atoms with van der Waals surface area (Å²) in [6.45, 7) is 11.5. The molecule has 1 aromatic carbocycles. The maximum absolute atomic E-state index is 10.2. The molecule has 0 amide bonds. The molecule has 4 heteroatoms. The minimum atomic E-state index is -0.463. The Kier molecular flexibility index (Phi) is 5.98. The molecular weight excluding hydrogens is 278 g/mol. The number of aliphatic hydroxyl groups excluding tert-OH is 1. The number of rotatable bonds is 5. The van der Waals surface area contributed by atoms with E-state index in [0.717, 1.165) is 13.1 Å². The zero-order chi connectivity index (χ0) is 16.2. The normalized spacial score (nSPS) is 21.8. The first-order chi connectivity index (χ1) is 10.3. The lowest BCUT2D eigenvalue weighted by Gasteiger charge is -2.35. The molecule has 1 heterocycles. The van der Waals surface area contributed by atoms with E-state index in [1.54, 1.807) is 0 Å². The van der Waals surface area contributed by atoms with Gasteiger partial charge in [-0.1, -0.05) is 24.3 Å². The quantitative estimate of drug-likeness (QED) is 0.908. The van der Waals surface area contributed by atoms with E-state index in [4.69, 9.17) is 9.47 Å². The predicted molar refractivity (Wildman–Crippen MR) is 88.0 cm³/mol. The van der Waals surface area contributed by atoms with Gasteiger partial charge in [-0.05, 0) is 38.8 Å². The summed E-state index contributed by atoms with van der Waals surface area (Å²) in [5.41, 5.74) is 2.29. The van der Waals surface area contributed by atoms with Crippen LogP contribution in [0.25, 0.3) is 0 Å². The van der Waals surface area contributed by atoms with Crippen molar-refractivity contribution in [3.63, 3.8) is 0 Å². The molecule has 0 bridgehead atoms. The van der Waals surface area contributed by atoms with Crippen LogP contribution < -0.4 is 0 Å². The van der Waals surface area contributed by atoms with Crippen molar-refractivity contribution < 1.29 is 14.6 Å². The highest BCUT2D eigenvalue weighted by molar-refractivity contribution is 5.28. The first-order valence-electron chi connectivity index (χ1n) is 8.06. The van der Waals surface area contributed by atoms with E-state index >= 15 is 0 Å². The molecule has 1 saturated heterocycles. The highest BCUT2D eigenvalue weighted by Crippen LogP contribution is 2.25. The molecule has 4 nitrogen and oxygen atoms in total. The summed E-state index contributed by atoms with van der Waals surface area (Å²) in [6, 6.07) is 8.34. The van der Waals surface area contributed by atoms with Crippen LogP contribution in [-0.4, -0.2) is 54.6 Å². The third-order valence-corrected chi connectivity index (χ3v) is 3.86. The van der Waals surface area contributed by atoms with Crippen molar-refractivity contribution in [3.8, 4) is 0 Å². The topological polar surface area (TPSA) is 41.9 Å². The summed E-state index contributed by atoms with van der Waals surface area (Å²) in [6.07, 6.45) is -0.375. The third kappa shape index (κ3) is 5.36. The van der Waals surface area contributed by atoms with Crippen molar-refractivity contribution in [2.24, 2.45) is 0 Å². The fraction of sp³-hybridized carbons (Fsp3) is 0.667. The van der Waals surface area contributed by atoms with Crippen molar-refractivity contribution in [1.82, 2.24) is 4.90 Å². The number of morpholine rings is 1. The van der Waals surface area contributed by atoms with Crippen LogP contribution in [0.5, 0.6) is 0 Å². The standard InChI is InChI=1S/C18H29NO3/c1-14-7-5-6-8-16(14)17-12-19(9-10-21-17)11-15(20)13-22-18(2,3)4/h5-8,15,17,20H,9-13H2,1-4H3. The molecular formula is C18H29NO3. The van der Waals surface area contributed by atoms with Gasteiger partial charge < -0.3 is 14.6 Å². The fourth-order valence-corrected chi connectivity index (χ4v) is 2.70. The van der Waals surface area contributed by atoms with Crippen molar-refractivity contribution in [1.29, 1.82) is 0 Å². The van der Waals surface area contributed by atoms with Crippen LogP contribution in [0.3, 0.4) is 0 Å². The molecule has 0 saturated carbocycles. The summed E-state index contributed by atoms with van der Waals surface area (Å²) < 4.78 is 11.6. The molecule has 2 atom stereocenters. The Morgan fingerprint density at radius 1 is 1.36 bits per heavy atom. The molecule has 22 heavy (non-hydrogen) atoms. The Bertz CT molecular complexity index is 470. The number of nitrogens with zero attached hydrogens (tertiary/aromatic N) is 1. The van der Waals surface area contributed by atoms with Crippen LogP contribution in [-0.2, 0) is 9.47 Å². The van der Waals surface area contributed by atoms with Gasteiger partial charge in [-0.3, -0.25) is 4.90 Å². The SMILES string of the molecule is Cc1ccccc1C1CN(CC(O)COC(C)(C)C)CCO1. The molecule has 1 fully saturated rings. The maximum Gasteiger partial charge on any atom is 0.0954 e. The number of aryl methyl sites for hydroxylation is 1. The van der Waals surface area contributed by atoms with Gasteiger partial charge in [-0.25, -0.2) is 0 Å². The Morgan fingerprint density at radius 2 is 2.09 bits per heavy atom. The van der Waals surface area contributed by atoms with Crippen LogP contribution >= 0.6 is 0 Å². The predicted octanol–water partition coefficient (Wildman–Crippen LogP) is 2.54. The molecule has 2 unspecified atom stereocenters. The summed E-state index contributed by atoms with van der Waals surface area (Å²) >= 11 is 0. The summed E-state index contributed by atoms with van der Waals surface area (Å²) in [7, 11) is 0. The average Bonchev–Trinajstić information content (AvgIpc) is 2.45. The van der Waals surface area contributed by atoms with Crippen LogP contribution in [0.4, 0.5) is 0 Å². The smallest absolute Gasteiger partial charge is 0.0954 e. The Labute approximate surface area is 134 Å². The summed E-state index contributed by atoms with van der Waals surface area (Å²) in [5.74, 6) is 0. The molecule has 0 aliphatic carbocycles. The highest BCUT2D eigenvalue weighted by Gasteiger charge is 2.25. The maximum atomic E-state index is 10.2. The Hall–Kier alpha value is -0.940. The second-order valence-corrected chi connectivity index (χ2v) is 7.05. The lowest BCUT2D eigenvalue weighted by Crippen LogP contribution is -2.44. The van der Waals surface area contributed by atoms with Gasteiger partial charge in [0.05, 0.1) is 31.0 Å². The van der Waals surface area contributed by atoms with E-state index in [2.05, 4.69) is 30.0 Å². The molecule has 0 aromatic heterocycles. The van der Waals surface area contributed by atoms with Gasteiger partial charge in [0.2, 0.25) is 0 Å². The van der Waals surface area contributed by atoms with Crippen LogP contribution in [0.1, 0.15) is 38.0 Å². The second kappa shape index (κ2) is 7.55. The number of hydrogen-bond acceptors (Lipinski definition) is 4. The van der Waals surface area contributed by atoms with Crippen molar-refractivity contribution in [2.45, 2.75) is 45.5 Å². The lowest BCUT2D eigenvalue weighted by molar-refractivity contribution is -0.0758. The molecule has 2 rings (SSSR count). The zero-order valence-corrected chi connectivity index (χ0v) is 14.2. The van der Waals surface area contributed by atoms with Crippen LogP contribution in [0, 0.1) is 6.92 Å². The number of aliphatic hydroxyl groups is 1. The number of β-amino-alcohol motifs (C(OH)–C–C–N with tert-alkyl or cyclic N) is 1. The summed E-state index contributed by atoms with van der Waals surface area (Å²) in [5, 5.41) is 10.2. The third-order valence-electron chi connectivity index (χ3n) is 3.86. The Balaban J connectivity index is 1.87. The number of ether oxygens (including phenoxy) is 2. The summed E-state index contributed by atoms with van der Waals surface area (Å²) in [4.78, 5) is 2.26. The van der Waals surface area contributed by atoms with E-state index in [1.165, 1.54) is 11.1 Å². The van der Waals surface area contributed by atoms with E-state index < -0.39 is 6.10 Å². The molecule has 0 spiro atoms. The van der Waals surface area contributed by atoms with Gasteiger partial charge in [0.25, 0.3) is 0 Å². The van der Waals surface area contributed by atoms with Gasteiger partial charge in [-0.2, -0.15) is 0 Å². The molecule has 1 N–H and O–H groups in total. The van der Waals surface area contributed by atoms with E-state index in [0.29, 0.717) is 19.8 Å². The van der Waals surface area contributed by atoms with Crippen LogP contribution in [0.2, 0.25) is 0 Å². The van der Waals surface area contributed by atoms with E-state index in [9.17, 15) is 5.11 Å². The van der Waals surface area contributed by atoms with Gasteiger partial charge in [0.1, 0.15) is 0 Å². The van der Waals surface area contributed by atoms with E-state index in [1.807, 2.05) is 26.8 Å². The van der Waals surface area contributed by atoms with Gasteiger partial charge in [0.15, 0.2) is 0 Å².